The first kappa shape index (κ1) is 19.2. The van der Waals surface area contributed by atoms with Crippen molar-refractivity contribution in [1.29, 1.82) is 0 Å². The molecule has 0 spiro atoms. The Hall–Kier alpha value is -2.12. The van der Waals surface area contributed by atoms with Crippen LogP contribution in [0, 0.1) is 0 Å². The minimum atomic E-state index is -3.23. The molecule has 0 atom stereocenters. The Morgan fingerprint density at radius 2 is 1.96 bits per heavy atom. The van der Waals surface area contributed by atoms with Crippen molar-refractivity contribution in [3.8, 4) is 11.3 Å². The molecule has 0 aliphatic carbocycles. The fraction of sp³-hybridized carbons (Fsp3) is 0.389. The van der Waals surface area contributed by atoms with E-state index in [4.69, 9.17) is 4.42 Å². The third-order valence-corrected chi connectivity index (χ3v) is 5.55. The number of hydrogen-bond acceptors (Lipinski definition) is 4. The fourth-order valence-electron chi connectivity index (χ4n) is 2.21. The maximum atomic E-state index is 12.0. The molecule has 136 valence electrons. The van der Waals surface area contributed by atoms with Gasteiger partial charge in [-0.2, -0.15) is 0 Å². The summed E-state index contributed by atoms with van der Waals surface area (Å²) in [6.07, 6.45) is 3.18. The molecule has 1 amide bonds. The first-order valence-electron chi connectivity index (χ1n) is 8.31. The second-order valence-corrected chi connectivity index (χ2v) is 8.37. The Morgan fingerprint density at radius 1 is 1.16 bits per heavy atom. The summed E-state index contributed by atoms with van der Waals surface area (Å²) in [5.74, 6) is 0.650. The van der Waals surface area contributed by atoms with Crippen LogP contribution in [0.25, 0.3) is 11.3 Å². The van der Waals surface area contributed by atoms with E-state index in [2.05, 4.69) is 10.0 Å². The predicted octanol–water partition coefficient (Wildman–Crippen LogP) is 3.38. The lowest BCUT2D eigenvalue weighted by molar-refractivity contribution is -0.116. The summed E-state index contributed by atoms with van der Waals surface area (Å²) in [6.45, 7) is 3.61. The lowest BCUT2D eigenvalue weighted by atomic mass is 10.1. The number of hydrogen-bond donors (Lipinski definition) is 2. The first-order valence-corrected chi connectivity index (χ1v) is 9.85. The van der Waals surface area contributed by atoms with Crippen molar-refractivity contribution in [2.45, 2.75) is 38.4 Å². The van der Waals surface area contributed by atoms with Crippen molar-refractivity contribution in [2.75, 3.05) is 11.9 Å². The summed E-state index contributed by atoms with van der Waals surface area (Å²) in [7, 11) is -3.23. The van der Waals surface area contributed by atoms with E-state index in [1.807, 2.05) is 36.4 Å². The molecule has 0 unspecified atom stereocenters. The maximum absolute atomic E-state index is 12.0. The maximum Gasteiger partial charge on any atom is 0.224 e. The fourth-order valence-corrected chi connectivity index (χ4v) is 2.97. The Bertz CT molecular complexity index is 783. The van der Waals surface area contributed by atoms with Crippen molar-refractivity contribution in [1.82, 2.24) is 4.72 Å². The number of sulfonamides is 1. The van der Waals surface area contributed by atoms with E-state index in [1.165, 1.54) is 0 Å². The van der Waals surface area contributed by atoms with Crippen LogP contribution < -0.4 is 10.0 Å². The molecule has 1 heterocycles. The number of unbranched alkanes of at least 4 members (excludes halogenated alkanes) is 1. The summed E-state index contributed by atoms with van der Waals surface area (Å²) < 4.78 is 31.1. The summed E-state index contributed by atoms with van der Waals surface area (Å²) in [5, 5.41) is 2.40. The van der Waals surface area contributed by atoms with Crippen LogP contribution in [-0.2, 0) is 14.8 Å². The molecular formula is C18H24N2O4S. The Kier molecular flexibility index (Phi) is 6.78. The van der Waals surface area contributed by atoms with Crippen molar-refractivity contribution in [2.24, 2.45) is 0 Å². The molecule has 2 aromatic rings. The van der Waals surface area contributed by atoms with Gasteiger partial charge >= 0.3 is 0 Å². The van der Waals surface area contributed by atoms with Gasteiger partial charge in [-0.1, -0.05) is 12.1 Å². The van der Waals surface area contributed by atoms with E-state index < -0.39 is 15.3 Å². The van der Waals surface area contributed by atoms with Gasteiger partial charge in [-0.05, 0) is 51.0 Å². The third kappa shape index (κ3) is 6.03. The molecule has 0 radical (unpaired) electrons. The lowest BCUT2D eigenvalue weighted by Gasteiger charge is -2.09. The van der Waals surface area contributed by atoms with Crippen LogP contribution in [0.1, 0.15) is 33.1 Å². The molecule has 2 rings (SSSR count). The largest absolute Gasteiger partial charge is 0.464 e. The zero-order chi connectivity index (χ0) is 18.3. The Labute approximate surface area is 148 Å². The normalized spacial score (nSPS) is 11.6. The number of anilines is 1. The summed E-state index contributed by atoms with van der Waals surface area (Å²) in [4.78, 5) is 12.0. The number of carbonyl (C=O) groups is 1. The number of amides is 1. The van der Waals surface area contributed by atoms with Crippen molar-refractivity contribution in [3.05, 3.63) is 42.7 Å². The SMILES string of the molecule is CC(C)S(=O)(=O)NCCCCC(=O)Nc1cccc(-c2ccco2)c1. The van der Waals surface area contributed by atoms with Gasteiger partial charge in [0.2, 0.25) is 15.9 Å². The molecule has 25 heavy (non-hydrogen) atoms. The van der Waals surface area contributed by atoms with Crippen LogP contribution in [0.15, 0.2) is 47.1 Å². The number of carbonyl (C=O) groups excluding carboxylic acids is 1. The first-order chi connectivity index (χ1) is 11.9. The monoisotopic (exact) mass is 364 g/mol. The van der Waals surface area contributed by atoms with Crippen LogP contribution in [0.5, 0.6) is 0 Å². The molecule has 0 saturated carbocycles. The van der Waals surface area contributed by atoms with Gasteiger partial charge in [0.1, 0.15) is 5.76 Å². The predicted molar refractivity (Wildman–Crippen MR) is 98.7 cm³/mol. The number of nitrogens with one attached hydrogen (secondary N) is 2. The second-order valence-electron chi connectivity index (χ2n) is 6.05. The Balaban J connectivity index is 1.75. The second kappa shape index (κ2) is 8.82. The number of rotatable bonds is 9. The molecule has 1 aromatic carbocycles. The summed E-state index contributed by atoms with van der Waals surface area (Å²) >= 11 is 0. The smallest absolute Gasteiger partial charge is 0.224 e. The molecule has 0 saturated heterocycles. The van der Waals surface area contributed by atoms with E-state index in [0.29, 0.717) is 31.5 Å². The van der Waals surface area contributed by atoms with Gasteiger partial charge in [0, 0.05) is 24.2 Å². The topological polar surface area (TPSA) is 88.4 Å². The molecular weight excluding hydrogens is 340 g/mol. The highest BCUT2D eigenvalue weighted by Crippen LogP contribution is 2.23. The molecule has 1 aromatic heterocycles. The molecule has 0 bridgehead atoms. The molecule has 0 aliphatic rings. The van der Waals surface area contributed by atoms with E-state index in [0.717, 1.165) is 11.3 Å². The summed E-state index contributed by atoms with van der Waals surface area (Å²) in [6, 6.07) is 11.1. The molecule has 6 nitrogen and oxygen atoms in total. The average Bonchev–Trinajstić information content (AvgIpc) is 3.09. The van der Waals surface area contributed by atoms with Gasteiger partial charge in [0.15, 0.2) is 0 Å². The highest BCUT2D eigenvalue weighted by molar-refractivity contribution is 7.90. The van der Waals surface area contributed by atoms with Crippen LogP contribution in [0.4, 0.5) is 5.69 Å². The van der Waals surface area contributed by atoms with Crippen molar-refractivity contribution < 1.29 is 17.6 Å². The van der Waals surface area contributed by atoms with Gasteiger partial charge in [-0.3, -0.25) is 4.79 Å². The highest BCUT2D eigenvalue weighted by atomic mass is 32.2. The van der Waals surface area contributed by atoms with Gasteiger partial charge in [0.05, 0.1) is 11.5 Å². The van der Waals surface area contributed by atoms with Gasteiger partial charge in [0.25, 0.3) is 0 Å². The Morgan fingerprint density at radius 3 is 2.64 bits per heavy atom. The van der Waals surface area contributed by atoms with Gasteiger partial charge < -0.3 is 9.73 Å². The van der Waals surface area contributed by atoms with E-state index in [-0.39, 0.29) is 5.91 Å². The zero-order valence-corrected chi connectivity index (χ0v) is 15.3. The molecule has 2 N–H and O–H groups in total. The quantitative estimate of drug-likeness (QED) is 0.668. The molecule has 0 fully saturated rings. The van der Waals surface area contributed by atoms with Gasteiger partial charge in [-0.15, -0.1) is 0 Å². The van der Waals surface area contributed by atoms with Crippen molar-refractivity contribution >= 4 is 21.6 Å². The number of benzene rings is 1. The van der Waals surface area contributed by atoms with Crippen LogP contribution in [0.3, 0.4) is 0 Å². The standard InChI is InChI=1S/C18H24N2O4S/c1-14(2)25(22,23)19-11-4-3-10-18(21)20-16-8-5-7-15(13-16)17-9-6-12-24-17/h5-9,12-14,19H,3-4,10-11H2,1-2H3,(H,20,21). The zero-order valence-electron chi connectivity index (χ0n) is 14.5. The van der Waals surface area contributed by atoms with E-state index in [1.54, 1.807) is 20.1 Å². The van der Waals surface area contributed by atoms with Crippen LogP contribution in [-0.4, -0.2) is 26.1 Å². The van der Waals surface area contributed by atoms with Gasteiger partial charge in [-0.25, -0.2) is 13.1 Å². The van der Waals surface area contributed by atoms with Crippen LogP contribution >= 0.6 is 0 Å². The average molecular weight is 364 g/mol. The van der Waals surface area contributed by atoms with Crippen LogP contribution in [0.2, 0.25) is 0 Å². The molecule has 7 heteroatoms. The number of furan rings is 1. The van der Waals surface area contributed by atoms with Crippen molar-refractivity contribution in [3.63, 3.8) is 0 Å². The minimum absolute atomic E-state index is 0.0942. The molecule has 0 aliphatic heterocycles. The highest BCUT2D eigenvalue weighted by Gasteiger charge is 2.14. The minimum Gasteiger partial charge on any atom is -0.464 e. The van der Waals surface area contributed by atoms with E-state index >= 15 is 0 Å². The summed E-state index contributed by atoms with van der Waals surface area (Å²) in [5.41, 5.74) is 1.60. The van der Waals surface area contributed by atoms with E-state index in [9.17, 15) is 13.2 Å². The third-order valence-electron chi connectivity index (χ3n) is 3.71. The lowest BCUT2D eigenvalue weighted by Crippen LogP contribution is -2.31.